The van der Waals surface area contributed by atoms with Crippen molar-refractivity contribution in [2.45, 2.75) is 6.18 Å². The summed E-state index contributed by atoms with van der Waals surface area (Å²) in [6.45, 7) is -1.21. The molecule has 1 aromatic carbocycles. The molecule has 0 aliphatic carbocycles. The Kier molecular flexibility index (Phi) is 4.58. The molecule has 2 atom stereocenters. The fraction of sp³-hybridized carbons (Fsp3) is 0.312. The van der Waals surface area contributed by atoms with Gasteiger partial charge in [0, 0.05) is 24.3 Å². The van der Waals surface area contributed by atoms with E-state index >= 15 is 0 Å². The maximum atomic E-state index is 13.0. The molecule has 1 aromatic heterocycles. The zero-order chi connectivity index (χ0) is 18.9. The highest BCUT2D eigenvalue weighted by Crippen LogP contribution is 2.38. The van der Waals surface area contributed by atoms with Crippen molar-refractivity contribution >= 4 is 17.7 Å². The van der Waals surface area contributed by atoms with E-state index < -0.39 is 43.1 Å². The van der Waals surface area contributed by atoms with E-state index in [1.54, 1.807) is 24.3 Å². The second-order valence-corrected chi connectivity index (χ2v) is 5.85. The standard InChI is InChI=1S/C16H14F3N3O4/c17-16(18,19)12-8-22(7-11(12)14(23)24)15(25)21-10-3-1-2-9(6-10)13-20-4-5-26-13/h1-6,11-12H,7-8H2,(H,21,25)(H,23,24)/t11-,12-/m1/s1. The lowest BCUT2D eigenvalue weighted by molar-refractivity contribution is -0.187. The van der Waals surface area contributed by atoms with Crippen LogP contribution in [0, 0.1) is 11.8 Å². The number of rotatable bonds is 3. The summed E-state index contributed by atoms with van der Waals surface area (Å²) in [5.41, 5.74) is 0.902. The number of hydrogen-bond acceptors (Lipinski definition) is 4. The van der Waals surface area contributed by atoms with E-state index in [9.17, 15) is 22.8 Å². The molecule has 10 heteroatoms. The maximum Gasteiger partial charge on any atom is 0.394 e. The van der Waals surface area contributed by atoms with Crippen molar-refractivity contribution in [2.24, 2.45) is 11.8 Å². The van der Waals surface area contributed by atoms with Crippen molar-refractivity contribution in [3.8, 4) is 11.5 Å². The summed E-state index contributed by atoms with van der Waals surface area (Å²) < 4.78 is 44.2. The third kappa shape index (κ3) is 3.63. The molecule has 0 spiro atoms. The van der Waals surface area contributed by atoms with E-state index in [2.05, 4.69) is 10.3 Å². The van der Waals surface area contributed by atoms with Crippen molar-refractivity contribution < 1.29 is 32.3 Å². The lowest BCUT2D eigenvalue weighted by Gasteiger charge is -2.18. The molecule has 26 heavy (non-hydrogen) atoms. The van der Waals surface area contributed by atoms with Crippen molar-refractivity contribution in [3.63, 3.8) is 0 Å². The summed E-state index contributed by atoms with van der Waals surface area (Å²) in [5, 5.41) is 11.5. The second-order valence-electron chi connectivity index (χ2n) is 5.85. The lowest BCUT2D eigenvalue weighted by Crippen LogP contribution is -2.35. The van der Waals surface area contributed by atoms with Gasteiger partial charge in [-0.1, -0.05) is 6.07 Å². The second kappa shape index (κ2) is 6.70. The molecule has 2 aromatic rings. The molecular formula is C16H14F3N3O4. The number of nitrogens with one attached hydrogen (secondary N) is 1. The number of carboxylic acid groups (broad SMARTS) is 1. The molecule has 1 fully saturated rings. The average molecular weight is 369 g/mol. The number of aromatic nitrogens is 1. The fourth-order valence-electron chi connectivity index (χ4n) is 2.85. The molecule has 7 nitrogen and oxygen atoms in total. The number of amides is 2. The molecule has 2 amide bonds. The number of aliphatic carboxylic acids is 1. The Morgan fingerprint density at radius 2 is 2.08 bits per heavy atom. The third-order valence-corrected chi connectivity index (χ3v) is 4.14. The van der Waals surface area contributed by atoms with Gasteiger partial charge in [0.05, 0.1) is 18.0 Å². The predicted molar refractivity (Wildman–Crippen MR) is 83.2 cm³/mol. The number of carbonyl (C=O) groups is 2. The monoisotopic (exact) mass is 369 g/mol. The molecule has 1 aliphatic heterocycles. The number of carbonyl (C=O) groups excluding carboxylic acids is 1. The summed E-state index contributed by atoms with van der Waals surface area (Å²) in [6, 6.07) is 5.62. The van der Waals surface area contributed by atoms with Crippen molar-refractivity contribution in [1.82, 2.24) is 9.88 Å². The first kappa shape index (κ1) is 17.8. The fourth-order valence-corrected chi connectivity index (χ4v) is 2.85. The van der Waals surface area contributed by atoms with Gasteiger partial charge in [0.2, 0.25) is 5.89 Å². The summed E-state index contributed by atoms with van der Waals surface area (Å²) in [5.74, 6) is -5.03. The number of alkyl halides is 3. The number of oxazole rings is 1. The van der Waals surface area contributed by atoms with Gasteiger partial charge in [-0.3, -0.25) is 4.79 Å². The number of anilines is 1. The highest BCUT2D eigenvalue weighted by atomic mass is 19.4. The molecule has 0 saturated carbocycles. The average Bonchev–Trinajstić information content (AvgIpc) is 3.24. The van der Waals surface area contributed by atoms with E-state index in [0.717, 1.165) is 4.90 Å². The molecule has 1 aliphatic rings. The van der Waals surface area contributed by atoms with E-state index in [1.165, 1.54) is 12.5 Å². The largest absolute Gasteiger partial charge is 0.481 e. The smallest absolute Gasteiger partial charge is 0.394 e. The summed E-state index contributed by atoms with van der Waals surface area (Å²) in [7, 11) is 0. The Morgan fingerprint density at radius 3 is 2.65 bits per heavy atom. The molecule has 2 N–H and O–H groups in total. The van der Waals surface area contributed by atoms with E-state index in [0.29, 0.717) is 17.1 Å². The van der Waals surface area contributed by atoms with Gasteiger partial charge in [-0.25, -0.2) is 9.78 Å². The Hall–Kier alpha value is -3.04. The molecule has 3 rings (SSSR count). The van der Waals surface area contributed by atoms with Crippen LogP contribution in [0.3, 0.4) is 0 Å². The topological polar surface area (TPSA) is 95.7 Å². The molecule has 0 unspecified atom stereocenters. The van der Waals surface area contributed by atoms with Gasteiger partial charge in [-0.2, -0.15) is 13.2 Å². The Balaban J connectivity index is 1.73. The van der Waals surface area contributed by atoms with Gasteiger partial charge in [-0.15, -0.1) is 0 Å². The van der Waals surface area contributed by atoms with E-state index in [1.807, 2.05) is 0 Å². The minimum Gasteiger partial charge on any atom is -0.481 e. The molecule has 2 heterocycles. The van der Waals surface area contributed by atoms with Gasteiger partial charge in [0.25, 0.3) is 0 Å². The van der Waals surface area contributed by atoms with Crippen LogP contribution < -0.4 is 5.32 Å². The van der Waals surface area contributed by atoms with E-state index in [-0.39, 0.29) is 0 Å². The number of likely N-dealkylation sites (tertiary alicyclic amines) is 1. The van der Waals surface area contributed by atoms with Gasteiger partial charge in [0.1, 0.15) is 6.26 Å². The number of urea groups is 1. The van der Waals surface area contributed by atoms with E-state index in [4.69, 9.17) is 9.52 Å². The number of nitrogens with zero attached hydrogens (tertiary/aromatic N) is 2. The predicted octanol–water partition coefficient (Wildman–Crippen LogP) is 3.07. The maximum absolute atomic E-state index is 13.0. The first-order chi connectivity index (χ1) is 12.3. The van der Waals surface area contributed by atoms with Crippen LogP contribution in [0.1, 0.15) is 0 Å². The normalized spacial score (nSPS) is 20.2. The van der Waals surface area contributed by atoms with Crippen LogP contribution in [0.2, 0.25) is 0 Å². The van der Waals surface area contributed by atoms with Gasteiger partial charge in [-0.05, 0) is 18.2 Å². The van der Waals surface area contributed by atoms with Crippen molar-refractivity contribution in [2.75, 3.05) is 18.4 Å². The number of halogens is 3. The van der Waals surface area contributed by atoms with Crippen LogP contribution in [0.4, 0.5) is 23.7 Å². The Bertz CT molecular complexity index is 807. The third-order valence-electron chi connectivity index (χ3n) is 4.14. The summed E-state index contributed by atoms with van der Waals surface area (Å²) >= 11 is 0. The summed E-state index contributed by atoms with van der Waals surface area (Å²) in [6.07, 6.45) is -1.86. The van der Waals surface area contributed by atoms with Crippen LogP contribution in [0.5, 0.6) is 0 Å². The zero-order valence-electron chi connectivity index (χ0n) is 13.2. The molecule has 0 radical (unpaired) electrons. The number of carboxylic acids is 1. The minimum absolute atomic E-state index is 0.324. The lowest BCUT2D eigenvalue weighted by atomic mass is 9.96. The van der Waals surface area contributed by atoms with Gasteiger partial charge in [0.15, 0.2) is 0 Å². The highest BCUT2D eigenvalue weighted by molar-refractivity contribution is 5.90. The molecular weight excluding hydrogens is 355 g/mol. The summed E-state index contributed by atoms with van der Waals surface area (Å²) in [4.78, 5) is 28.2. The Labute approximate surface area is 145 Å². The van der Waals surface area contributed by atoms with Crippen molar-refractivity contribution in [3.05, 3.63) is 36.7 Å². The molecule has 138 valence electrons. The van der Waals surface area contributed by atoms with Gasteiger partial charge >= 0.3 is 18.2 Å². The molecule has 0 bridgehead atoms. The SMILES string of the molecule is O=C(O)[C@@H]1CN(C(=O)Nc2cccc(-c3ncco3)c2)C[C@H]1C(F)(F)F. The van der Waals surface area contributed by atoms with Crippen molar-refractivity contribution in [1.29, 1.82) is 0 Å². The van der Waals surface area contributed by atoms with Crippen LogP contribution in [0.15, 0.2) is 41.1 Å². The zero-order valence-corrected chi connectivity index (χ0v) is 13.2. The first-order valence-electron chi connectivity index (χ1n) is 7.61. The van der Waals surface area contributed by atoms with Crippen LogP contribution in [-0.2, 0) is 4.79 Å². The Morgan fingerprint density at radius 1 is 1.31 bits per heavy atom. The van der Waals surface area contributed by atoms with Crippen LogP contribution in [0.25, 0.3) is 11.5 Å². The molecule has 1 saturated heterocycles. The quantitative estimate of drug-likeness (QED) is 0.867. The number of hydrogen-bond donors (Lipinski definition) is 2. The highest BCUT2D eigenvalue weighted by Gasteiger charge is 2.53. The van der Waals surface area contributed by atoms with Gasteiger partial charge < -0.3 is 19.7 Å². The van der Waals surface area contributed by atoms with Crippen LogP contribution >= 0.6 is 0 Å². The van der Waals surface area contributed by atoms with Crippen LogP contribution in [-0.4, -0.2) is 46.3 Å². The minimum atomic E-state index is -4.69. The first-order valence-corrected chi connectivity index (χ1v) is 7.61. The number of benzene rings is 1.